The maximum atomic E-state index is 12.0. The molecule has 1 aromatic carbocycles. The van der Waals surface area contributed by atoms with Gasteiger partial charge in [-0.15, -0.1) is 11.3 Å². The Morgan fingerprint density at radius 2 is 1.92 bits per heavy atom. The number of aryl methyl sites for hydroxylation is 1. The molecule has 1 aliphatic heterocycles. The first-order valence-electron chi connectivity index (χ1n) is 8.48. The molecule has 1 aliphatic rings. The molecule has 5 heteroatoms. The number of carbonyl (C=O) groups is 1. The number of hydrogen-bond acceptors (Lipinski definition) is 3. The third-order valence-corrected chi connectivity index (χ3v) is 5.19. The van der Waals surface area contributed by atoms with Crippen LogP contribution in [-0.2, 0) is 11.2 Å². The van der Waals surface area contributed by atoms with Crippen LogP contribution in [0.2, 0.25) is 0 Å². The second-order valence-electron chi connectivity index (χ2n) is 6.12. The van der Waals surface area contributed by atoms with Crippen LogP contribution in [0.1, 0.15) is 36.1 Å². The second-order valence-corrected chi connectivity index (χ2v) is 7.06. The summed E-state index contributed by atoms with van der Waals surface area (Å²) in [5, 5.41) is 13.1. The highest BCUT2D eigenvalue weighted by atomic mass is 32.1. The van der Waals surface area contributed by atoms with Gasteiger partial charge in [-0.05, 0) is 54.8 Å². The Hall–Kier alpha value is -2.14. The van der Waals surface area contributed by atoms with Crippen molar-refractivity contribution in [2.24, 2.45) is 0 Å². The van der Waals surface area contributed by atoms with Crippen LogP contribution in [0, 0.1) is 5.41 Å². The molecule has 1 amide bonds. The van der Waals surface area contributed by atoms with Gasteiger partial charge in [-0.2, -0.15) is 0 Å². The lowest BCUT2D eigenvalue weighted by Crippen LogP contribution is -2.27. The summed E-state index contributed by atoms with van der Waals surface area (Å²) in [6, 6.07) is 12.0. The molecule has 1 aromatic heterocycles. The van der Waals surface area contributed by atoms with E-state index in [2.05, 4.69) is 17.4 Å². The van der Waals surface area contributed by atoms with Crippen LogP contribution in [0.25, 0.3) is 0 Å². The number of rotatable bonds is 6. The Morgan fingerprint density at radius 1 is 1.17 bits per heavy atom. The fourth-order valence-corrected chi connectivity index (χ4v) is 3.58. The van der Waals surface area contributed by atoms with Crippen LogP contribution >= 0.6 is 11.3 Å². The minimum atomic E-state index is 0.301. The molecule has 126 valence electrons. The summed E-state index contributed by atoms with van der Waals surface area (Å²) in [5.74, 6) is 0.726. The van der Waals surface area contributed by atoms with Gasteiger partial charge in [0.25, 0.3) is 0 Å². The van der Waals surface area contributed by atoms with Crippen molar-refractivity contribution >= 4 is 28.8 Å². The van der Waals surface area contributed by atoms with Gasteiger partial charge < -0.3 is 10.2 Å². The van der Waals surface area contributed by atoms with E-state index in [9.17, 15) is 4.79 Å². The summed E-state index contributed by atoms with van der Waals surface area (Å²) >= 11 is 1.55. The summed E-state index contributed by atoms with van der Waals surface area (Å²) in [6.45, 7) is 1.88. The average molecular weight is 341 g/mol. The van der Waals surface area contributed by atoms with Crippen molar-refractivity contribution in [3.05, 3.63) is 52.2 Å². The van der Waals surface area contributed by atoms with Crippen molar-refractivity contribution in [3.63, 3.8) is 0 Å². The normalized spacial score (nSPS) is 13.9. The summed E-state index contributed by atoms with van der Waals surface area (Å²) in [5.41, 5.74) is 2.16. The fraction of sp³-hybridized carbons (Fsp3) is 0.368. The van der Waals surface area contributed by atoms with Crippen LogP contribution in [-0.4, -0.2) is 29.7 Å². The first-order chi connectivity index (χ1) is 11.7. The van der Waals surface area contributed by atoms with Crippen molar-refractivity contribution < 1.29 is 4.79 Å². The Labute approximate surface area is 147 Å². The molecule has 2 aromatic rings. The molecule has 0 saturated carbocycles. The van der Waals surface area contributed by atoms with E-state index in [-0.39, 0.29) is 0 Å². The molecule has 0 atom stereocenters. The number of amidine groups is 1. The average Bonchev–Trinajstić information content (AvgIpc) is 3.30. The van der Waals surface area contributed by atoms with Crippen molar-refractivity contribution in [3.8, 4) is 0 Å². The quantitative estimate of drug-likeness (QED) is 0.613. The third kappa shape index (κ3) is 4.45. The summed E-state index contributed by atoms with van der Waals surface area (Å²) in [7, 11) is 0. The van der Waals surface area contributed by atoms with Gasteiger partial charge in [-0.1, -0.05) is 18.2 Å². The van der Waals surface area contributed by atoms with Gasteiger partial charge in [0.2, 0.25) is 5.91 Å². The molecule has 1 saturated heterocycles. The fourth-order valence-electron chi connectivity index (χ4n) is 2.95. The Morgan fingerprint density at radius 3 is 2.58 bits per heavy atom. The van der Waals surface area contributed by atoms with Gasteiger partial charge in [0, 0.05) is 25.2 Å². The molecule has 2 heterocycles. The minimum absolute atomic E-state index is 0.301. The number of thiophene rings is 1. The topological polar surface area (TPSA) is 56.2 Å². The number of nitrogens with one attached hydrogen (secondary N) is 2. The first-order valence-corrected chi connectivity index (χ1v) is 9.36. The Bertz CT molecular complexity index is 673. The number of likely N-dealkylation sites (tertiary alicyclic amines) is 1. The molecule has 4 nitrogen and oxygen atoms in total. The highest BCUT2D eigenvalue weighted by Gasteiger charge is 2.16. The maximum Gasteiger partial charge on any atom is 0.222 e. The van der Waals surface area contributed by atoms with Crippen LogP contribution in [0.3, 0.4) is 0 Å². The van der Waals surface area contributed by atoms with Crippen LogP contribution < -0.4 is 5.32 Å². The summed E-state index contributed by atoms with van der Waals surface area (Å²) in [4.78, 5) is 14.9. The van der Waals surface area contributed by atoms with E-state index >= 15 is 0 Å². The largest absolute Gasteiger partial charge is 0.343 e. The molecule has 0 radical (unpaired) electrons. The van der Waals surface area contributed by atoms with Gasteiger partial charge in [0.15, 0.2) is 0 Å². The van der Waals surface area contributed by atoms with Crippen molar-refractivity contribution in [2.45, 2.75) is 32.1 Å². The smallest absolute Gasteiger partial charge is 0.222 e. The van der Waals surface area contributed by atoms with E-state index in [1.54, 1.807) is 11.3 Å². The molecule has 1 fully saturated rings. The number of carbonyl (C=O) groups excluding carboxylic acids is 1. The SMILES string of the molecule is N=C(Nc1ccc(CCCC(=O)N2CCCC2)cc1)c1cccs1. The molecule has 0 aliphatic carbocycles. The van der Waals surface area contributed by atoms with Gasteiger partial charge >= 0.3 is 0 Å². The molecular weight excluding hydrogens is 318 g/mol. The highest BCUT2D eigenvalue weighted by Crippen LogP contribution is 2.16. The number of benzene rings is 1. The first kappa shape index (κ1) is 16.7. The predicted molar refractivity (Wildman–Crippen MR) is 100.0 cm³/mol. The lowest BCUT2D eigenvalue weighted by molar-refractivity contribution is -0.130. The number of amides is 1. The van der Waals surface area contributed by atoms with Crippen molar-refractivity contribution in [2.75, 3.05) is 18.4 Å². The summed E-state index contributed by atoms with van der Waals surface area (Å²) in [6.07, 6.45) is 4.76. The van der Waals surface area contributed by atoms with Crippen molar-refractivity contribution in [1.29, 1.82) is 5.41 Å². The molecular formula is C19H23N3OS. The van der Waals surface area contributed by atoms with E-state index in [1.165, 1.54) is 5.56 Å². The number of hydrogen-bond donors (Lipinski definition) is 2. The zero-order valence-electron chi connectivity index (χ0n) is 13.8. The van der Waals surface area contributed by atoms with E-state index in [4.69, 9.17) is 5.41 Å². The highest BCUT2D eigenvalue weighted by molar-refractivity contribution is 7.12. The minimum Gasteiger partial charge on any atom is -0.343 e. The van der Waals surface area contributed by atoms with E-state index in [0.717, 1.165) is 49.3 Å². The van der Waals surface area contributed by atoms with Crippen LogP contribution in [0.4, 0.5) is 5.69 Å². The number of nitrogens with zero attached hydrogens (tertiary/aromatic N) is 1. The second kappa shape index (κ2) is 8.11. The maximum absolute atomic E-state index is 12.0. The van der Waals surface area contributed by atoms with Crippen LogP contribution in [0.15, 0.2) is 41.8 Å². The number of anilines is 1. The zero-order valence-corrected chi connectivity index (χ0v) is 14.6. The molecule has 3 rings (SSSR count). The molecule has 24 heavy (non-hydrogen) atoms. The molecule has 0 bridgehead atoms. The molecule has 2 N–H and O–H groups in total. The van der Waals surface area contributed by atoms with E-state index in [0.29, 0.717) is 18.2 Å². The van der Waals surface area contributed by atoms with Gasteiger partial charge in [0.1, 0.15) is 5.84 Å². The lowest BCUT2D eigenvalue weighted by Gasteiger charge is -2.14. The third-order valence-electron chi connectivity index (χ3n) is 4.31. The van der Waals surface area contributed by atoms with E-state index < -0.39 is 0 Å². The summed E-state index contributed by atoms with van der Waals surface area (Å²) < 4.78 is 0. The van der Waals surface area contributed by atoms with Gasteiger partial charge in [-0.25, -0.2) is 0 Å². The van der Waals surface area contributed by atoms with Crippen LogP contribution in [0.5, 0.6) is 0 Å². The standard InChI is InChI=1S/C19H23N3OS/c20-19(17-6-4-14-24-17)21-16-10-8-15(9-11-16)5-3-7-18(23)22-12-1-2-13-22/h4,6,8-11,14H,1-3,5,7,12-13H2,(H2,20,21). The molecule has 0 spiro atoms. The monoisotopic (exact) mass is 341 g/mol. The van der Waals surface area contributed by atoms with E-state index in [1.807, 2.05) is 34.5 Å². The lowest BCUT2D eigenvalue weighted by atomic mass is 10.1. The Kier molecular flexibility index (Phi) is 5.64. The van der Waals surface area contributed by atoms with Gasteiger partial charge in [-0.3, -0.25) is 10.2 Å². The molecule has 0 unspecified atom stereocenters. The predicted octanol–water partition coefficient (Wildman–Crippen LogP) is 4.13. The zero-order chi connectivity index (χ0) is 16.8. The van der Waals surface area contributed by atoms with Gasteiger partial charge in [0.05, 0.1) is 4.88 Å². The van der Waals surface area contributed by atoms with Crippen molar-refractivity contribution in [1.82, 2.24) is 4.90 Å². The Balaban J connectivity index is 1.44.